The van der Waals surface area contributed by atoms with Gasteiger partial charge in [-0.15, -0.1) is 23.7 Å². The summed E-state index contributed by atoms with van der Waals surface area (Å²) in [5.74, 6) is 2.24. The van der Waals surface area contributed by atoms with Crippen LogP contribution in [-0.2, 0) is 0 Å². The Labute approximate surface area is 200 Å². The zero-order valence-electron chi connectivity index (χ0n) is 18.9. The van der Waals surface area contributed by atoms with Gasteiger partial charge in [0.15, 0.2) is 0 Å². The molecule has 0 aliphatic heterocycles. The van der Waals surface area contributed by atoms with E-state index in [0.717, 1.165) is 47.0 Å². The van der Waals surface area contributed by atoms with Gasteiger partial charge in [-0.3, -0.25) is 5.41 Å². The molecule has 0 aliphatic carbocycles. The number of hydrogen-bond acceptors (Lipinski definition) is 5. The van der Waals surface area contributed by atoms with Crippen LogP contribution in [0.5, 0.6) is 11.5 Å². The molecule has 0 fully saturated rings. The Bertz CT molecular complexity index is 985. The summed E-state index contributed by atoms with van der Waals surface area (Å²) in [6, 6.07) is 15.6. The van der Waals surface area contributed by atoms with Crippen molar-refractivity contribution in [3.05, 3.63) is 64.0 Å². The fraction of sp³-hybridized carbons (Fsp3) is 0.360. The van der Waals surface area contributed by atoms with Crippen LogP contribution in [0.1, 0.15) is 54.5 Å². The number of nitrogens with zero attached hydrogens (tertiary/aromatic N) is 1. The van der Waals surface area contributed by atoms with Crippen molar-refractivity contribution in [2.24, 2.45) is 5.73 Å². The Kier molecular flexibility index (Phi) is 10.0. The minimum Gasteiger partial charge on any atom is -0.494 e. The lowest BCUT2D eigenvalue weighted by molar-refractivity contribution is 0.279. The van der Waals surface area contributed by atoms with Crippen LogP contribution in [0, 0.1) is 12.3 Å². The molecule has 1 heterocycles. The number of nitrogens with two attached hydrogens (primary N) is 1. The van der Waals surface area contributed by atoms with Crippen LogP contribution in [0.4, 0.5) is 0 Å². The molecule has 0 atom stereocenters. The van der Waals surface area contributed by atoms with Gasteiger partial charge in [-0.25, -0.2) is 4.98 Å². The van der Waals surface area contributed by atoms with Gasteiger partial charge in [-0.05, 0) is 80.6 Å². The lowest BCUT2D eigenvalue weighted by Crippen LogP contribution is -2.10. The molecule has 172 valence electrons. The third-order valence-electron chi connectivity index (χ3n) is 4.90. The monoisotopic (exact) mass is 473 g/mol. The SMILES string of the molecule is Cc1nc(-c2ccc(OCCCCCOc3ccc(C(=N)N)cc3)cc2)c(C(C)C)s1.Cl. The van der Waals surface area contributed by atoms with Crippen molar-refractivity contribution in [2.45, 2.75) is 46.0 Å². The summed E-state index contributed by atoms with van der Waals surface area (Å²) < 4.78 is 11.6. The third kappa shape index (κ3) is 7.24. The summed E-state index contributed by atoms with van der Waals surface area (Å²) >= 11 is 1.78. The maximum absolute atomic E-state index is 7.40. The molecule has 0 radical (unpaired) electrons. The number of aryl methyl sites for hydroxylation is 1. The van der Waals surface area contributed by atoms with Crippen LogP contribution >= 0.6 is 23.7 Å². The molecule has 0 bridgehead atoms. The number of thiazole rings is 1. The lowest BCUT2D eigenvalue weighted by Gasteiger charge is -2.09. The quantitative estimate of drug-likeness (QED) is 0.187. The van der Waals surface area contributed by atoms with E-state index < -0.39 is 0 Å². The predicted molar refractivity (Wildman–Crippen MR) is 136 cm³/mol. The van der Waals surface area contributed by atoms with E-state index in [1.54, 1.807) is 23.5 Å². The van der Waals surface area contributed by atoms with Gasteiger partial charge in [0, 0.05) is 16.0 Å². The molecule has 0 spiro atoms. The molecule has 0 amide bonds. The summed E-state index contributed by atoms with van der Waals surface area (Å²) in [5.41, 5.74) is 8.41. The zero-order valence-corrected chi connectivity index (χ0v) is 20.5. The number of amidine groups is 1. The standard InChI is InChI=1S/C25H31N3O2S.ClH/c1-17(2)24-23(28-18(3)31-24)19-7-11-21(12-8-19)29-15-5-4-6-16-30-22-13-9-20(10-14-22)25(26)27;/h7-14,17H,4-6,15-16H2,1-3H3,(H3,26,27);1H. The molecule has 1 aromatic heterocycles. The van der Waals surface area contributed by atoms with Gasteiger partial charge < -0.3 is 15.2 Å². The largest absolute Gasteiger partial charge is 0.494 e. The first kappa shape index (κ1) is 25.7. The maximum atomic E-state index is 7.40. The molecule has 0 aliphatic rings. The molecule has 0 saturated heterocycles. The topological polar surface area (TPSA) is 81.2 Å². The van der Waals surface area contributed by atoms with Gasteiger partial charge in [-0.1, -0.05) is 13.8 Å². The Morgan fingerprint density at radius 3 is 1.97 bits per heavy atom. The van der Waals surface area contributed by atoms with Crippen LogP contribution in [0.25, 0.3) is 11.3 Å². The minimum absolute atomic E-state index is 0. The Morgan fingerprint density at radius 2 is 1.47 bits per heavy atom. The average molecular weight is 474 g/mol. The second kappa shape index (κ2) is 12.5. The van der Waals surface area contributed by atoms with Crippen LogP contribution in [0.3, 0.4) is 0 Å². The van der Waals surface area contributed by atoms with Crippen molar-refractivity contribution < 1.29 is 9.47 Å². The highest BCUT2D eigenvalue weighted by atomic mass is 35.5. The van der Waals surface area contributed by atoms with Gasteiger partial charge in [-0.2, -0.15) is 0 Å². The van der Waals surface area contributed by atoms with Gasteiger partial charge in [0.1, 0.15) is 17.3 Å². The summed E-state index contributed by atoms with van der Waals surface area (Å²) in [6.07, 6.45) is 2.99. The minimum atomic E-state index is 0. The first-order valence-electron chi connectivity index (χ1n) is 10.7. The van der Waals surface area contributed by atoms with E-state index in [1.165, 1.54) is 4.88 Å². The Hall–Kier alpha value is -2.57. The highest BCUT2D eigenvalue weighted by Gasteiger charge is 2.14. The van der Waals surface area contributed by atoms with Crippen LogP contribution in [-0.4, -0.2) is 24.0 Å². The third-order valence-corrected chi connectivity index (χ3v) is 6.18. The summed E-state index contributed by atoms with van der Waals surface area (Å²) in [5, 5.41) is 8.51. The number of rotatable bonds is 11. The molecule has 0 saturated carbocycles. The van der Waals surface area contributed by atoms with E-state index in [-0.39, 0.29) is 18.2 Å². The molecule has 32 heavy (non-hydrogen) atoms. The normalized spacial score (nSPS) is 10.6. The highest BCUT2D eigenvalue weighted by molar-refractivity contribution is 7.12. The van der Waals surface area contributed by atoms with Crippen LogP contribution < -0.4 is 15.2 Å². The van der Waals surface area contributed by atoms with Crippen molar-refractivity contribution in [1.82, 2.24) is 4.98 Å². The van der Waals surface area contributed by atoms with Crippen molar-refractivity contribution in [2.75, 3.05) is 13.2 Å². The molecule has 3 aromatic rings. The highest BCUT2D eigenvalue weighted by Crippen LogP contribution is 2.34. The number of aromatic nitrogens is 1. The zero-order chi connectivity index (χ0) is 22.2. The summed E-state index contributed by atoms with van der Waals surface area (Å²) in [4.78, 5) is 6.06. The van der Waals surface area contributed by atoms with Gasteiger partial charge >= 0.3 is 0 Å². The number of nitrogens with one attached hydrogen (secondary N) is 1. The first-order valence-corrected chi connectivity index (χ1v) is 11.5. The number of halogens is 1. The molecular weight excluding hydrogens is 442 g/mol. The molecular formula is C25H32ClN3O2S. The number of benzene rings is 2. The second-order valence-corrected chi connectivity index (χ2v) is 9.06. The van der Waals surface area contributed by atoms with Crippen molar-refractivity contribution in [1.29, 1.82) is 5.41 Å². The van der Waals surface area contributed by atoms with Gasteiger partial charge in [0.05, 0.1) is 23.9 Å². The molecule has 7 heteroatoms. The van der Waals surface area contributed by atoms with E-state index in [1.807, 2.05) is 24.3 Å². The lowest BCUT2D eigenvalue weighted by atomic mass is 10.1. The van der Waals surface area contributed by atoms with E-state index >= 15 is 0 Å². The van der Waals surface area contributed by atoms with Gasteiger partial charge in [0.25, 0.3) is 0 Å². The predicted octanol–water partition coefficient (Wildman–Crippen LogP) is 6.58. The van der Waals surface area contributed by atoms with Crippen LogP contribution in [0.2, 0.25) is 0 Å². The number of hydrogen-bond donors (Lipinski definition) is 2. The second-order valence-electron chi connectivity index (χ2n) is 7.82. The van der Waals surface area contributed by atoms with E-state index in [9.17, 15) is 0 Å². The number of nitrogen functional groups attached to an aromatic ring is 1. The van der Waals surface area contributed by atoms with Crippen molar-refractivity contribution >= 4 is 29.6 Å². The summed E-state index contributed by atoms with van der Waals surface area (Å²) in [6.45, 7) is 7.85. The van der Waals surface area contributed by atoms with Crippen LogP contribution in [0.15, 0.2) is 48.5 Å². The molecule has 0 unspecified atom stereocenters. The van der Waals surface area contributed by atoms with E-state index in [0.29, 0.717) is 24.7 Å². The summed E-state index contributed by atoms with van der Waals surface area (Å²) in [7, 11) is 0. The first-order chi connectivity index (χ1) is 14.9. The Balaban J connectivity index is 0.00000363. The molecule has 3 N–H and O–H groups in total. The average Bonchev–Trinajstić information content (AvgIpc) is 3.16. The maximum Gasteiger partial charge on any atom is 0.122 e. The van der Waals surface area contributed by atoms with E-state index in [4.69, 9.17) is 25.6 Å². The molecule has 2 aromatic carbocycles. The number of ether oxygens (including phenoxy) is 2. The Morgan fingerprint density at radius 1 is 0.938 bits per heavy atom. The smallest absolute Gasteiger partial charge is 0.122 e. The van der Waals surface area contributed by atoms with E-state index in [2.05, 4.69) is 32.9 Å². The molecule has 5 nitrogen and oxygen atoms in total. The van der Waals surface area contributed by atoms with Crippen molar-refractivity contribution in [3.8, 4) is 22.8 Å². The fourth-order valence-electron chi connectivity index (χ4n) is 3.24. The number of unbranched alkanes of at least 4 members (excludes halogenated alkanes) is 2. The van der Waals surface area contributed by atoms with Gasteiger partial charge in [0.2, 0.25) is 0 Å². The fourth-order valence-corrected chi connectivity index (χ4v) is 4.19. The molecule has 3 rings (SSSR count). The van der Waals surface area contributed by atoms with Crippen molar-refractivity contribution in [3.63, 3.8) is 0 Å².